The number of allylic oxidation sites excluding steroid dienone is 2. The third-order valence-corrected chi connectivity index (χ3v) is 8.12. The average Bonchev–Trinajstić information content (AvgIpc) is 3.68. The van der Waals surface area contributed by atoms with Crippen LogP contribution in [0.25, 0.3) is 10.9 Å². The predicted octanol–water partition coefficient (Wildman–Crippen LogP) is 7.25. The van der Waals surface area contributed by atoms with Crippen LogP contribution in [0.1, 0.15) is 52.3 Å². The van der Waals surface area contributed by atoms with E-state index in [0.29, 0.717) is 24.2 Å². The zero-order valence-corrected chi connectivity index (χ0v) is 25.5. The summed E-state index contributed by atoms with van der Waals surface area (Å²) < 4.78 is 2.18. The maximum absolute atomic E-state index is 13.2. The fourth-order valence-corrected chi connectivity index (χ4v) is 6.14. The van der Waals surface area contributed by atoms with E-state index >= 15 is 0 Å². The van der Waals surface area contributed by atoms with Gasteiger partial charge < -0.3 is 14.9 Å². The Kier molecular flexibility index (Phi) is 8.56. The summed E-state index contributed by atoms with van der Waals surface area (Å²) in [5, 5.41) is 3.94. The quantitative estimate of drug-likeness (QED) is 0.0945. The number of H-pyrrole nitrogens is 1. The number of para-hydroxylation sites is 1. The summed E-state index contributed by atoms with van der Waals surface area (Å²) in [4.78, 5) is 34.2. The minimum atomic E-state index is -0.637. The SMILES string of the molecule is CC(C)=CC(=O)c1[nH]c2ccccc2c1CC(=O)NCCc1cn(C(c2ccccc2)(c2ccccc2)c2ccccc2)cn1. The van der Waals surface area contributed by atoms with Crippen molar-refractivity contribution in [3.05, 3.63) is 173 Å². The number of carbonyl (C=O) groups is 2. The van der Waals surface area contributed by atoms with Gasteiger partial charge >= 0.3 is 0 Å². The highest BCUT2D eigenvalue weighted by molar-refractivity contribution is 6.09. The Bertz CT molecular complexity index is 1850. The molecule has 0 spiro atoms. The molecule has 2 aromatic heterocycles. The van der Waals surface area contributed by atoms with Crippen molar-refractivity contribution in [1.82, 2.24) is 19.9 Å². The number of hydrogen-bond donors (Lipinski definition) is 2. The number of imidazole rings is 1. The maximum atomic E-state index is 13.2. The number of hydrogen-bond acceptors (Lipinski definition) is 3. The number of nitrogens with one attached hydrogen (secondary N) is 2. The van der Waals surface area contributed by atoms with Gasteiger partial charge in [-0.2, -0.15) is 0 Å². The molecule has 0 fully saturated rings. The Hall–Kier alpha value is -5.49. The number of rotatable bonds is 11. The van der Waals surface area contributed by atoms with Crippen LogP contribution in [0.5, 0.6) is 0 Å². The van der Waals surface area contributed by atoms with Crippen LogP contribution in [0.15, 0.2) is 139 Å². The van der Waals surface area contributed by atoms with Gasteiger partial charge in [0.1, 0.15) is 5.54 Å². The van der Waals surface area contributed by atoms with E-state index < -0.39 is 5.54 Å². The molecule has 1 amide bonds. The van der Waals surface area contributed by atoms with Crippen molar-refractivity contribution in [3.8, 4) is 0 Å². The lowest BCUT2D eigenvalue weighted by Crippen LogP contribution is -2.37. The zero-order valence-electron chi connectivity index (χ0n) is 25.5. The Labute approximate surface area is 263 Å². The summed E-state index contributed by atoms with van der Waals surface area (Å²) in [6.07, 6.45) is 6.23. The van der Waals surface area contributed by atoms with E-state index in [1.54, 1.807) is 6.08 Å². The average molecular weight is 593 g/mol. The Morgan fingerprint density at radius 1 is 0.800 bits per heavy atom. The van der Waals surface area contributed by atoms with E-state index in [4.69, 9.17) is 4.98 Å². The second kappa shape index (κ2) is 13.0. The number of ketones is 1. The summed E-state index contributed by atoms with van der Waals surface area (Å²) >= 11 is 0. The van der Waals surface area contributed by atoms with Crippen LogP contribution >= 0.6 is 0 Å². The van der Waals surface area contributed by atoms with Crippen molar-refractivity contribution in [2.24, 2.45) is 0 Å². The van der Waals surface area contributed by atoms with E-state index in [9.17, 15) is 9.59 Å². The van der Waals surface area contributed by atoms with Crippen molar-refractivity contribution >= 4 is 22.6 Å². The smallest absolute Gasteiger partial charge is 0.224 e. The highest BCUT2D eigenvalue weighted by atomic mass is 16.1. The van der Waals surface area contributed by atoms with Crippen molar-refractivity contribution in [2.45, 2.75) is 32.2 Å². The van der Waals surface area contributed by atoms with Crippen LogP contribution in [0, 0.1) is 0 Å². The van der Waals surface area contributed by atoms with Crippen molar-refractivity contribution in [1.29, 1.82) is 0 Å². The molecule has 0 aliphatic carbocycles. The first-order chi connectivity index (χ1) is 22.0. The molecule has 2 heterocycles. The molecule has 0 saturated heterocycles. The summed E-state index contributed by atoms with van der Waals surface area (Å²) in [7, 11) is 0. The van der Waals surface area contributed by atoms with E-state index in [1.807, 2.05) is 62.6 Å². The van der Waals surface area contributed by atoms with Gasteiger partial charge in [0.25, 0.3) is 0 Å². The summed E-state index contributed by atoms with van der Waals surface area (Å²) in [6, 6.07) is 39.1. The number of amides is 1. The normalized spacial score (nSPS) is 11.3. The largest absolute Gasteiger partial charge is 0.355 e. The van der Waals surface area contributed by atoms with Crippen molar-refractivity contribution < 1.29 is 9.59 Å². The first kappa shape index (κ1) is 29.6. The van der Waals surface area contributed by atoms with Crippen LogP contribution in [-0.4, -0.2) is 32.8 Å². The number of aromatic nitrogens is 3. The predicted molar refractivity (Wildman–Crippen MR) is 179 cm³/mol. The Morgan fingerprint density at radius 3 is 1.93 bits per heavy atom. The number of nitrogens with zero attached hydrogens (tertiary/aromatic N) is 2. The van der Waals surface area contributed by atoms with Crippen LogP contribution in [0.2, 0.25) is 0 Å². The van der Waals surface area contributed by atoms with E-state index in [2.05, 4.69) is 93.9 Å². The summed E-state index contributed by atoms with van der Waals surface area (Å²) in [6.45, 7) is 4.19. The molecule has 0 unspecified atom stereocenters. The zero-order chi connectivity index (χ0) is 31.2. The fraction of sp³-hybridized carbons (Fsp3) is 0.154. The Balaban J connectivity index is 1.25. The van der Waals surface area contributed by atoms with Crippen molar-refractivity contribution in [2.75, 3.05) is 6.54 Å². The first-order valence-corrected chi connectivity index (χ1v) is 15.2. The van der Waals surface area contributed by atoms with Gasteiger partial charge in [-0.05, 0) is 48.2 Å². The third-order valence-electron chi connectivity index (χ3n) is 8.12. The Morgan fingerprint density at radius 2 is 1.36 bits per heavy atom. The van der Waals surface area contributed by atoms with E-state index in [-0.39, 0.29) is 18.1 Å². The molecule has 0 radical (unpaired) electrons. The molecule has 6 nitrogen and oxygen atoms in total. The van der Waals surface area contributed by atoms with Gasteiger partial charge in [-0.1, -0.05) is 115 Å². The lowest BCUT2D eigenvalue weighted by Gasteiger charge is -2.37. The van der Waals surface area contributed by atoms with Gasteiger partial charge in [-0.25, -0.2) is 4.98 Å². The van der Waals surface area contributed by atoms with Crippen molar-refractivity contribution in [3.63, 3.8) is 0 Å². The highest BCUT2D eigenvalue weighted by Crippen LogP contribution is 2.40. The van der Waals surface area contributed by atoms with Gasteiger partial charge in [0, 0.05) is 30.1 Å². The molecule has 0 aliphatic heterocycles. The standard InChI is InChI=1S/C39H36N4O2/c1-28(2)24-36(44)38-34(33-20-12-13-21-35(33)42-38)25-37(45)40-23-22-32-26-43(27-41-32)39(29-14-6-3-7-15-29,30-16-8-4-9-17-30)31-18-10-5-11-19-31/h3-21,24,26-27,42H,22-23,25H2,1-2H3,(H,40,45). The monoisotopic (exact) mass is 592 g/mol. The van der Waals surface area contributed by atoms with E-state index in [1.165, 1.54) is 0 Å². The maximum Gasteiger partial charge on any atom is 0.224 e. The molecular weight excluding hydrogens is 556 g/mol. The molecule has 0 bridgehead atoms. The molecule has 6 aromatic rings. The lowest BCUT2D eigenvalue weighted by atomic mass is 9.77. The molecule has 0 aliphatic rings. The molecule has 45 heavy (non-hydrogen) atoms. The van der Waals surface area contributed by atoms with Crippen LogP contribution < -0.4 is 5.32 Å². The van der Waals surface area contributed by atoms with Gasteiger partial charge in [-0.15, -0.1) is 0 Å². The molecule has 4 aromatic carbocycles. The van der Waals surface area contributed by atoms with Gasteiger partial charge in [0.2, 0.25) is 11.7 Å². The molecular formula is C39H36N4O2. The van der Waals surface area contributed by atoms with Gasteiger partial charge in [0.15, 0.2) is 0 Å². The van der Waals surface area contributed by atoms with Gasteiger partial charge in [0.05, 0.1) is 24.1 Å². The van der Waals surface area contributed by atoms with E-state index in [0.717, 1.165) is 38.9 Å². The summed E-state index contributed by atoms with van der Waals surface area (Å²) in [5.74, 6) is -0.268. The second-order valence-electron chi connectivity index (χ2n) is 11.5. The second-order valence-corrected chi connectivity index (χ2v) is 11.5. The highest BCUT2D eigenvalue weighted by Gasteiger charge is 2.38. The number of benzene rings is 4. The number of aromatic amines is 1. The molecule has 6 heteroatoms. The molecule has 2 N–H and O–H groups in total. The van der Waals surface area contributed by atoms with Gasteiger partial charge in [-0.3, -0.25) is 9.59 Å². The number of carbonyl (C=O) groups excluding carboxylic acids is 2. The topological polar surface area (TPSA) is 79.8 Å². The van der Waals surface area contributed by atoms with Crippen LogP contribution in [0.3, 0.4) is 0 Å². The minimum absolute atomic E-state index is 0.106. The fourth-order valence-electron chi connectivity index (χ4n) is 6.14. The first-order valence-electron chi connectivity index (χ1n) is 15.2. The third kappa shape index (κ3) is 6.00. The lowest BCUT2D eigenvalue weighted by molar-refractivity contribution is -0.120. The minimum Gasteiger partial charge on any atom is -0.355 e. The molecule has 6 rings (SSSR count). The molecule has 224 valence electrons. The molecule has 0 saturated carbocycles. The number of fused-ring (bicyclic) bond motifs is 1. The molecule has 0 atom stereocenters. The summed E-state index contributed by atoms with van der Waals surface area (Å²) in [5.41, 5.74) is 6.53. The van der Waals surface area contributed by atoms with Crippen LogP contribution in [-0.2, 0) is 23.2 Å². The van der Waals surface area contributed by atoms with Crippen LogP contribution in [0.4, 0.5) is 0 Å².